The zero-order valence-corrected chi connectivity index (χ0v) is 18.4. The van der Waals surface area contributed by atoms with Gasteiger partial charge in [0, 0.05) is 32.0 Å². The molecule has 11 heteroatoms. The van der Waals surface area contributed by atoms with Crippen LogP contribution in [0.15, 0.2) is 23.1 Å². The minimum Gasteiger partial charge on any atom is -0.495 e. The minimum atomic E-state index is -4.01. The van der Waals surface area contributed by atoms with Crippen LogP contribution >= 0.6 is 0 Å². The summed E-state index contributed by atoms with van der Waals surface area (Å²) in [6, 6.07) is 3.84. The molecule has 2 aliphatic heterocycles. The van der Waals surface area contributed by atoms with E-state index < -0.39 is 16.1 Å². The summed E-state index contributed by atoms with van der Waals surface area (Å²) < 4.78 is 39.1. The first kappa shape index (κ1) is 23.0. The van der Waals surface area contributed by atoms with E-state index in [0.717, 1.165) is 4.90 Å². The van der Waals surface area contributed by atoms with Gasteiger partial charge in [-0.25, -0.2) is 17.9 Å². The van der Waals surface area contributed by atoms with Gasteiger partial charge in [0.05, 0.1) is 19.4 Å². The van der Waals surface area contributed by atoms with Gasteiger partial charge in [0.25, 0.3) is 0 Å². The molecule has 0 aromatic heterocycles. The van der Waals surface area contributed by atoms with Crippen molar-refractivity contribution < 1.29 is 32.3 Å². The fourth-order valence-corrected chi connectivity index (χ4v) is 5.23. The van der Waals surface area contributed by atoms with Crippen molar-refractivity contribution in [2.45, 2.75) is 50.0 Å². The Morgan fingerprint density at radius 3 is 2.39 bits per heavy atom. The molecule has 31 heavy (non-hydrogen) atoms. The van der Waals surface area contributed by atoms with Gasteiger partial charge in [-0.05, 0) is 44.4 Å². The van der Waals surface area contributed by atoms with Crippen LogP contribution in [0.25, 0.3) is 0 Å². The summed E-state index contributed by atoms with van der Waals surface area (Å²) >= 11 is 0. The number of carbonyl (C=O) groups excluding carboxylic acids is 3. The van der Waals surface area contributed by atoms with Gasteiger partial charge in [-0.15, -0.1) is 0 Å². The Balaban J connectivity index is 1.78. The van der Waals surface area contributed by atoms with Gasteiger partial charge in [0.1, 0.15) is 10.6 Å². The molecule has 2 fully saturated rings. The van der Waals surface area contributed by atoms with Gasteiger partial charge < -0.3 is 14.4 Å². The van der Waals surface area contributed by atoms with Crippen LogP contribution < -0.4 is 14.4 Å². The highest BCUT2D eigenvalue weighted by atomic mass is 32.2. The molecule has 3 rings (SSSR count). The number of amides is 3. The van der Waals surface area contributed by atoms with Crippen LogP contribution in [0.3, 0.4) is 0 Å². The summed E-state index contributed by atoms with van der Waals surface area (Å²) in [7, 11) is -2.66. The second-order valence-corrected chi connectivity index (χ2v) is 9.08. The summed E-state index contributed by atoms with van der Waals surface area (Å²) in [5.74, 6) is -0.606. The van der Waals surface area contributed by atoms with Crippen molar-refractivity contribution in [2.75, 3.05) is 31.7 Å². The molecule has 2 aliphatic rings. The number of anilines is 1. The number of imide groups is 1. The Bertz CT molecular complexity index is 940. The largest absolute Gasteiger partial charge is 0.495 e. The number of hydrogen-bond acceptors (Lipinski definition) is 7. The molecule has 0 saturated carbocycles. The highest BCUT2D eigenvalue weighted by Crippen LogP contribution is 2.31. The molecule has 1 N–H and O–H groups in total. The van der Waals surface area contributed by atoms with Crippen LogP contribution in [0, 0.1) is 0 Å². The van der Waals surface area contributed by atoms with E-state index >= 15 is 0 Å². The number of methoxy groups -OCH3 is 1. The first-order valence-corrected chi connectivity index (χ1v) is 11.7. The SMILES string of the molecule is CCOC(=O)N1CCC(NS(=O)(=O)c2cc(N3C(=O)CCCC3=O)ccc2OC)CC1. The normalized spacial score (nSPS) is 18.3. The van der Waals surface area contributed by atoms with Gasteiger partial charge in [0.15, 0.2) is 0 Å². The standard InChI is InChI=1S/C20H27N3O7S/c1-3-30-20(26)22-11-9-14(10-12-22)21-31(27,28)17-13-15(7-8-16(17)29-2)23-18(24)5-4-6-19(23)25/h7-8,13-14,21H,3-6,9-12H2,1-2H3. The first-order valence-electron chi connectivity index (χ1n) is 10.2. The van der Waals surface area contributed by atoms with E-state index in [9.17, 15) is 22.8 Å². The number of piperidine rings is 2. The van der Waals surface area contributed by atoms with Gasteiger partial charge in [-0.1, -0.05) is 0 Å². The van der Waals surface area contributed by atoms with Crippen LogP contribution in [-0.2, 0) is 24.3 Å². The number of ether oxygens (including phenoxy) is 2. The first-order chi connectivity index (χ1) is 14.8. The molecule has 10 nitrogen and oxygen atoms in total. The number of carbonyl (C=O) groups is 3. The molecule has 1 aromatic carbocycles. The number of sulfonamides is 1. The Labute approximate surface area is 181 Å². The van der Waals surface area contributed by atoms with Crippen molar-refractivity contribution in [2.24, 2.45) is 0 Å². The predicted octanol–water partition coefficient (Wildman–Crippen LogP) is 1.64. The molecule has 0 radical (unpaired) electrons. The predicted molar refractivity (Wildman–Crippen MR) is 111 cm³/mol. The third kappa shape index (κ3) is 5.16. The van der Waals surface area contributed by atoms with E-state index in [4.69, 9.17) is 9.47 Å². The monoisotopic (exact) mass is 453 g/mol. The van der Waals surface area contributed by atoms with E-state index in [2.05, 4.69) is 4.72 Å². The number of nitrogens with zero attached hydrogens (tertiary/aromatic N) is 2. The van der Waals surface area contributed by atoms with E-state index in [1.165, 1.54) is 25.3 Å². The fraction of sp³-hybridized carbons (Fsp3) is 0.550. The molecule has 0 atom stereocenters. The smallest absolute Gasteiger partial charge is 0.409 e. The molecular formula is C20H27N3O7S. The molecule has 170 valence electrons. The quantitative estimate of drug-likeness (QED) is 0.650. The third-order valence-corrected chi connectivity index (χ3v) is 6.86. The Hall–Kier alpha value is -2.66. The summed E-state index contributed by atoms with van der Waals surface area (Å²) in [6.45, 7) is 2.76. The van der Waals surface area contributed by atoms with E-state index in [-0.39, 0.29) is 53.6 Å². The Morgan fingerprint density at radius 1 is 1.16 bits per heavy atom. The number of hydrogen-bond donors (Lipinski definition) is 1. The molecule has 2 saturated heterocycles. The van der Waals surface area contributed by atoms with Crippen LogP contribution in [0.4, 0.5) is 10.5 Å². The summed E-state index contributed by atoms with van der Waals surface area (Å²) in [4.78, 5) is 38.7. The maximum atomic E-state index is 13.1. The summed E-state index contributed by atoms with van der Waals surface area (Å²) in [5, 5.41) is 0. The number of nitrogens with one attached hydrogen (secondary N) is 1. The third-order valence-electron chi connectivity index (χ3n) is 5.32. The second kappa shape index (κ2) is 9.65. The molecule has 3 amide bonds. The average molecular weight is 454 g/mol. The maximum Gasteiger partial charge on any atom is 0.409 e. The molecular weight excluding hydrogens is 426 g/mol. The summed E-state index contributed by atoms with van der Waals surface area (Å²) in [5.41, 5.74) is 0.202. The van der Waals surface area contributed by atoms with E-state index in [1.807, 2.05) is 0 Å². The maximum absolute atomic E-state index is 13.1. The van der Waals surface area contributed by atoms with E-state index in [1.54, 1.807) is 11.8 Å². The molecule has 0 aliphatic carbocycles. The summed E-state index contributed by atoms with van der Waals surface area (Å²) in [6.07, 6.45) is 1.41. The lowest BCUT2D eigenvalue weighted by Crippen LogP contribution is -2.46. The number of likely N-dealkylation sites (tertiary alicyclic amines) is 1. The fourth-order valence-electron chi connectivity index (χ4n) is 3.73. The lowest BCUT2D eigenvalue weighted by Gasteiger charge is -2.31. The second-order valence-electron chi connectivity index (χ2n) is 7.39. The number of rotatable bonds is 6. The number of benzene rings is 1. The van der Waals surface area contributed by atoms with Crippen molar-refractivity contribution in [3.05, 3.63) is 18.2 Å². The van der Waals surface area contributed by atoms with E-state index in [0.29, 0.717) is 32.4 Å². The lowest BCUT2D eigenvalue weighted by atomic mass is 10.1. The zero-order valence-electron chi connectivity index (χ0n) is 17.6. The van der Waals surface area contributed by atoms with Crippen molar-refractivity contribution in [1.29, 1.82) is 0 Å². The van der Waals surface area contributed by atoms with Crippen LogP contribution in [-0.4, -0.2) is 64.1 Å². The van der Waals surface area contributed by atoms with Gasteiger partial charge >= 0.3 is 6.09 Å². The molecule has 0 unspecified atom stereocenters. The van der Waals surface area contributed by atoms with Gasteiger partial charge in [-0.3, -0.25) is 14.5 Å². The molecule has 0 bridgehead atoms. The molecule has 2 heterocycles. The topological polar surface area (TPSA) is 122 Å². The average Bonchev–Trinajstić information content (AvgIpc) is 2.74. The van der Waals surface area contributed by atoms with Crippen molar-refractivity contribution in [3.63, 3.8) is 0 Å². The van der Waals surface area contributed by atoms with Crippen LogP contribution in [0.1, 0.15) is 39.0 Å². The molecule has 1 aromatic rings. The van der Waals surface area contributed by atoms with Crippen molar-refractivity contribution in [3.8, 4) is 5.75 Å². The van der Waals surface area contributed by atoms with Gasteiger partial charge in [0.2, 0.25) is 21.8 Å². The van der Waals surface area contributed by atoms with Crippen molar-refractivity contribution in [1.82, 2.24) is 9.62 Å². The van der Waals surface area contributed by atoms with Gasteiger partial charge in [-0.2, -0.15) is 0 Å². The Kier molecular flexibility index (Phi) is 7.16. The highest BCUT2D eigenvalue weighted by Gasteiger charge is 2.32. The molecule has 0 spiro atoms. The Morgan fingerprint density at radius 2 is 1.81 bits per heavy atom. The zero-order chi connectivity index (χ0) is 22.6. The van der Waals surface area contributed by atoms with Crippen molar-refractivity contribution >= 4 is 33.6 Å². The van der Waals surface area contributed by atoms with Crippen LogP contribution in [0.5, 0.6) is 5.75 Å². The van der Waals surface area contributed by atoms with Crippen LogP contribution in [0.2, 0.25) is 0 Å². The highest BCUT2D eigenvalue weighted by molar-refractivity contribution is 7.89. The lowest BCUT2D eigenvalue weighted by molar-refractivity contribution is -0.129. The minimum absolute atomic E-state index is 0.108.